The molecule has 1 N–H and O–H groups in total. The van der Waals surface area contributed by atoms with Crippen LogP contribution < -0.4 is 5.56 Å². The van der Waals surface area contributed by atoms with Crippen molar-refractivity contribution >= 4 is 22.5 Å². The summed E-state index contributed by atoms with van der Waals surface area (Å²) in [5.74, 6) is -0.990. The molecule has 33 heavy (non-hydrogen) atoms. The van der Waals surface area contributed by atoms with Crippen LogP contribution in [0.2, 0.25) is 0 Å². The molecule has 0 fully saturated rings. The predicted octanol–water partition coefficient (Wildman–Crippen LogP) is 4.42. The van der Waals surface area contributed by atoms with Crippen molar-refractivity contribution in [2.75, 3.05) is 0 Å². The molecule has 8 heteroatoms. The number of carboxylic acid groups (broad SMARTS) is 1. The fourth-order valence-electron chi connectivity index (χ4n) is 3.15. The van der Waals surface area contributed by atoms with E-state index in [1.807, 2.05) is 22.7 Å². The summed E-state index contributed by atoms with van der Waals surface area (Å²) in [6.45, 7) is 12.6. The van der Waals surface area contributed by atoms with Gasteiger partial charge in [0.15, 0.2) is 0 Å². The van der Waals surface area contributed by atoms with Crippen LogP contribution in [0.4, 0.5) is 0 Å². The number of fused-ring (bicyclic) bond motifs is 3. The Kier molecular flexibility index (Phi) is 7.88. The van der Waals surface area contributed by atoms with Crippen molar-refractivity contribution in [1.82, 2.24) is 19.4 Å². The maximum atomic E-state index is 12.1. The topological polar surface area (TPSA) is 97.5 Å². The molecule has 4 rings (SSSR count). The van der Waals surface area contributed by atoms with Crippen molar-refractivity contribution in [2.45, 2.75) is 52.4 Å². The summed E-state index contributed by atoms with van der Waals surface area (Å²) in [6, 6.07) is 13.5. The normalized spacial score (nSPS) is 11.5. The molecule has 0 aliphatic rings. The van der Waals surface area contributed by atoms with Crippen LogP contribution in [-0.2, 0) is 30.9 Å². The number of pyridine rings is 3. The van der Waals surface area contributed by atoms with Gasteiger partial charge in [0.25, 0.3) is 5.56 Å². The number of hydrogen-bond donors (Lipinski definition) is 1. The van der Waals surface area contributed by atoms with Gasteiger partial charge in [-0.15, -0.1) is 12.1 Å². The van der Waals surface area contributed by atoms with Crippen LogP contribution in [0.1, 0.15) is 63.4 Å². The zero-order valence-electron chi connectivity index (χ0n) is 19.5. The molecule has 4 aromatic rings. The fraction of sp³-hybridized carbons (Fsp3) is 0.320. The molecule has 4 aromatic heterocycles. The third kappa shape index (κ3) is 6.09. The summed E-state index contributed by atoms with van der Waals surface area (Å²) >= 11 is 0. The predicted molar refractivity (Wildman–Crippen MR) is 124 cm³/mol. The minimum atomic E-state index is -0.990. The maximum Gasteiger partial charge on any atom is 0.354 e. The Labute approximate surface area is 206 Å². The van der Waals surface area contributed by atoms with E-state index in [0.29, 0.717) is 5.65 Å². The molecule has 0 bridgehead atoms. The van der Waals surface area contributed by atoms with E-state index in [4.69, 9.17) is 10.1 Å². The van der Waals surface area contributed by atoms with E-state index in [9.17, 15) is 9.59 Å². The van der Waals surface area contributed by atoms with E-state index in [2.05, 4.69) is 57.6 Å². The minimum absolute atomic E-state index is 0. The zero-order valence-corrected chi connectivity index (χ0v) is 21.9. The molecular formula is C25H27IrN4O3-. The molecule has 0 unspecified atom stereocenters. The van der Waals surface area contributed by atoms with E-state index in [0.717, 1.165) is 22.3 Å². The van der Waals surface area contributed by atoms with Crippen molar-refractivity contribution in [3.63, 3.8) is 0 Å². The number of nitrogens with zero attached hydrogens (tertiary/aromatic N) is 4. The Morgan fingerprint density at radius 2 is 1.73 bits per heavy atom. The molecule has 7 nitrogen and oxygen atoms in total. The van der Waals surface area contributed by atoms with Crippen LogP contribution in [0, 0.1) is 6.07 Å². The van der Waals surface area contributed by atoms with Gasteiger partial charge in [-0.3, -0.25) is 4.79 Å². The quantitative estimate of drug-likeness (QED) is 0.249. The molecule has 0 aromatic carbocycles. The van der Waals surface area contributed by atoms with Crippen molar-refractivity contribution < 1.29 is 30.0 Å². The largest absolute Gasteiger partial charge is 0.477 e. The first-order valence-corrected chi connectivity index (χ1v) is 10.3. The maximum absolute atomic E-state index is 12.1. The molecule has 175 valence electrons. The van der Waals surface area contributed by atoms with Crippen LogP contribution in [0.25, 0.3) is 16.6 Å². The van der Waals surface area contributed by atoms with Crippen LogP contribution in [0.15, 0.2) is 53.6 Å². The number of carboxylic acids is 1. The van der Waals surface area contributed by atoms with Gasteiger partial charge in [-0.25, -0.2) is 14.8 Å². The summed E-state index contributed by atoms with van der Waals surface area (Å²) in [4.78, 5) is 34.7. The van der Waals surface area contributed by atoms with Crippen LogP contribution >= 0.6 is 0 Å². The van der Waals surface area contributed by atoms with Gasteiger partial charge in [0, 0.05) is 43.5 Å². The average molecular weight is 624 g/mol. The zero-order chi connectivity index (χ0) is 23.7. The molecule has 0 aliphatic carbocycles. The van der Waals surface area contributed by atoms with Crippen molar-refractivity contribution in [3.05, 3.63) is 82.3 Å². The van der Waals surface area contributed by atoms with Gasteiger partial charge >= 0.3 is 5.97 Å². The molecular weight excluding hydrogens is 597 g/mol. The first kappa shape index (κ1) is 26.3. The van der Waals surface area contributed by atoms with Gasteiger partial charge in [-0.1, -0.05) is 59.1 Å². The van der Waals surface area contributed by atoms with Gasteiger partial charge in [-0.2, -0.15) is 0 Å². The Bertz CT molecular complexity index is 1340. The number of aromatic nitrogens is 4. The van der Waals surface area contributed by atoms with Crippen LogP contribution in [0.5, 0.6) is 0 Å². The molecule has 0 spiro atoms. The van der Waals surface area contributed by atoms with E-state index in [-0.39, 0.29) is 42.2 Å². The third-order valence-corrected chi connectivity index (χ3v) is 4.84. The van der Waals surface area contributed by atoms with E-state index in [1.165, 1.54) is 12.3 Å². The standard InChI is InChI=1S/C19H22N3O.C6H5NO2.Ir/c1-18(2,3)14-8-7-12-13(20-14)9-10-22-15(19(4,5)6)11-16(23)21-17(12)22;8-6(9)5-3-1-2-4-7-5;/h8-11H,1-6H3;1-4H,(H,8,9);/q-1;;. The average Bonchev–Trinajstić information content (AvgIpc) is 2.72. The van der Waals surface area contributed by atoms with Gasteiger partial charge in [-0.05, 0) is 35.0 Å². The smallest absolute Gasteiger partial charge is 0.354 e. The summed E-state index contributed by atoms with van der Waals surface area (Å²) < 4.78 is 1.97. The minimum Gasteiger partial charge on any atom is -0.477 e. The Balaban J connectivity index is 0.000000326. The molecule has 0 aliphatic heterocycles. The van der Waals surface area contributed by atoms with Crippen LogP contribution in [-0.4, -0.2) is 30.4 Å². The summed E-state index contributed by atoms with van der Waals surface area (Å²) in [5, 5.41) is 9.10. The molecule has 0 atom stereocenters. The van der Waals surface area contributed by atoms with Gasteiger partial charge in [0.2, 0.25) is 0 Å². The van der Waals surface area contributed by atoms with Crippen molar-refractivity contribution in [3.8, 4) is 0 Å². The monoisotopic (exact) mass is 624 g/mol. The first-order valence-electron chi connectivity index (χ1n) is 10.3. The third-order valence-electron chi connectivity index (χ3n) is 4.84. The number of aromatic carboxylic acids is 1. The molecule has 4 heterocycles. The second-order valence-corrected chi connectivity index (χ2v) is 9.56. The SMILES string of the molecule is CC(C)(C)c1c[c-]c2c(ccn3c(C(C)(C)C)cc(=O)nc23)n1.O=C(O)c1ccccn1.[Ir]. The van der Waals surface area contributed by atoms with E-state index >= 15 is 0 Å². The van der Waals surface area contributed by atoms with Crippen LogP contribution in [0.3, 0.4) is 0 Å². The molecule has 1 radical (unpaired) electrons. The van der Waals surface area contributed by atoms with E-state index in [1.54, 1.807) is 18.2 Å². The molecule has 0 saturated heterocycles. The number of carbonyl (C=O) groups is 1. The second-order valence-electron chi connectivity index (χ2n) is 9.56. The first-order chi connectivity index (χ1) is 14.9. The number of hydrogen-bond acceptors (Lipinski definition) is 5. The van der Waals surface area contributed by atoms with Gasteiger partial charge in [0.1, 0.15) is 5.69 Å². The molecule has 0 amide bonds. The Morgan fingerprint density at radius 1 is 1.03 bits per heavy atom. The van der Waals surface area contributed by atoms with Crippen molar-refractivity contribution in [2.24, 2.45) is 0 Å². The summed E-state index contributed by atoms with van der Waals surface area (Å²) in [7, 11) is 0. The van der Waals surface area contributed by atoms with Gasteiger partial charge < -0.3 is 14.5 Å². The summed E-state index contributed by atoms with van der Waals surface area (Å²) in [6.07, 6.45) is 3.39. The fourth-order valence-corrected chi connectivity index (χ4v) is 3.15. The van der Waals surface area contributed by atoms with Gasteiger partial charge in [0.05, 0.1) is 5.65 Å². The van der Waals surface area contributed by atoms with E-state index < -0.39 is 5.97 Å². The Morgan fingerprint density at radius 3 is 2.24 bits per heavy atom. The van der Waals surface area contributed by atoms with Crippen molar-refractivity contribution in [1.29, 1.82) is 0 Å². The second kappa shape index (κ2) is 9.89. The number of rotatable bonds is 1. The summed E-state index contributed by atoms with van der Waals surface area (Å²) in [5.41, 5.74) is 3.00. The molecule has 0 saturated carbocycles. The Hall–Kier alpha value is -2.96.